The number of sulfonamides is 1. The molecule has 2 aliphatic rings. The maximum Gasteiger partial charge on any atom is 0.243 e. The van der Waals surface area contributed by atoms with E-state index >= 15 is 0 Å². The van der Waals surface area contributed by atoms with Crippen LogP contribution in [0.2, 0.25) is 0 Å². The molecule has 1 aromatic heterocycles. The number of piperidine rings is 1. The van der Waals surface area contributed by atoms with E-state index in [9.17, 15) is 13.2 Å². The molecule has 30 heavy (non-hydrogen) atoms. The van der Waals surface area contributed by atoms with Crippen molar-refractivity contribution >= 4 is 15.9 Å². The average Bonchev–Trinajstić information content (AvgIpc) is 3.17. The van der Waals surface area contributed by atoms with Gasteiger partial charge in [0.15, 0.2) is 0 Å². The van der Waals surface area contributed by atoms with Crippen LogP contribution in [0, 0.1) is 12.8 Å². The fourth-order valence-corrected chi connectivity index (χ4v) is 6.01. The third-order valence-electron chi connectivity index (χ3n) is 6.21. The second-order valence-electron chi connectivity index (χ2n) is 8.44. The van der Waals surface area contributed by atoms with Crippen molar-refractivity contribution in [2.75, 3.05) is 20.1 Å². The Hall–Kier alpha value is -2.19. The molecule has 0 spiro atoms. The summed E-state index contributed by atoms with van der Waals surface area (Å²) in [6.07, 6.45) is 5.34. The molecular weight excluding hydrogens is 402 g/mol. The lowest BCUT2D eigenvalue weighted by atomic mass is 9.92. The van der Waals surface area contributed by atoms with E-state index < -0.39 is 10.0 Å². The fraction of sp³-hybridized carbons (Fsp3) is 0.545. The molecule has 0 N–H and O–H groups in total. The summed E-state index contributed by atoms with van der Waals surface area (Å²) in [7, 11) is -1.77. The first-order valence-electron chi connectivity index (χ1n) is 10.6. The average molecular weight is 432 g/mol. The number of benzene rings is 1. The van der Waals surface area contributed by atoms with Gasteiger partial charge in [-0.05, 0) is 68.7 Å². The number of aromatic nitrogens is 1. The molecule has 0 bridgehead atoms. The number of amides is 1. The smallest absolute Gasteiger partial charge is 0.243 e. The highest BCUT2D eigenvalue weighted by molar-refractivity contribution is 7.89. The number of aryl methyl sites for hydroxylation is 3. The van der Waals surface area contributed by atoms with Crippen molar-refractivity contribution in [3.63, 3.8) is 0 Å². The number of hydrogen-bond donors (Lipinski definition) is 0. The van der Waals surface area contributed by atoms with Crippen LogP contribution >= 0.6 is 0 Å². The van der Waals surface area contributed by atoms with Gasteiger partial charge in [0.25, 0.3) is 0 Å². The third kappa shape index (κ3) is 4.30. The van der Waals surface area contributed by atoms with Crippen LogP contribution in [0.1, 0.15) is 48.3 Å². The van der Waals surface area contributed by atoms with Gasteiger partial charge < -0.3 is 9.42 Å². The predicted octanol–water partition coefficient (Wildman–Crippen LogP) is 2.92. The number of hydrogen-bond acceptors (Lipinski definition) is 5. The Morgan fingerprint density at radius 2 is 1.87 bits per heavy atom. The minimum Gasteiger partial charge on any atom is -0.361 e. The first-order chi connectivity index (χ1) is 14.3. The Morgan fingerprint density at radius 3 is 2.53 bits per heavy atom. The molecule has 0 saturated carbocycles. The van der Waals surface area contributed by atoms with E-state index in [4.69, 9.17) is 4.52 Å². The highest BCUT2D eigenvalue weighted by atomic mass is 32.2. The van der Waals surface area contributed by atoms with Gasteiger partial charge in [-0.3, -0.25) is 4.79 Å². The van der Waals surface area contributed by atoms with Crippen molar-refractivity contribution in [2.24, 2.45) is 5.92 Å². The minimum absolute atomic E-state index is 0.0291. The van der Waals surface area contributed by atoms with Crippen molar-refractivity contribution < 1.29 is 17.7 Å². The zero-order valence-electron chi connectivity index (χ0n) is 17.6. The summed E-state index contributed by atoms with van der Waals surface area (Å²) in [5.41, 5.74) is 3.16. The van der Waals surface area contributed by atoms with Gasteiger partial charge in [0.1, 0.15) is 11.5 Å². The fourth-order valence-electron chi connectivity index (χ4n) is 4.49. The van der Waals surface area contributed by atoms with E-state index in [1.54, 1.807) is 18.0 Å². The number of carbonyl (C=O) groups is 1. The van der Waals surface area contributed by atoms with Crippen LogP contribution < -0.4 is 0 Å². The molecule has 4 rings (SSSR count). The van der Waals surface area contributed by atoms with Crippen molar-refractivity contribution in [1.29, 1.82) is 0 Å². The molecule has 7 nitrogen and oxygen atoms in total. The summed E-state index contributed by atoms with van der Waals surface area (Å²) in [5.74, 6) is 0.575. The molecule has 1 fully saturated rings. The van der Waals surface area contributed by atoms with Crippen LogP contribution in [0.4, 0.5) is 0 Å². The Kier molecular flexibility index (Phi) is 5.97. The van der Waals surface area contributed by atoms with Gasteiger partial charge in [0.05, 0.1) is 11.4 Å². The topological polar surface area (TPSA) is 83.7 Å². The van der Waals surface area contributed by atoms with Gasteiger partial charge in [0.2, 0.25) is 15.9 Å². The quantitative estimate of drug-likeness (QED) is 0.727. The number of nitrogens with zero attached hydrogens (tertiary/aromatic N) is 3. The summed E-state index contributed by atoms with van der Waals surface area (Å²) in [6, 6.07) is 7.38. The first-order valence-corrected chi connectivity index (χ1v) is 12.1. The van der Waals surface area contributed by atoms with Crippen LogP contribution in [0.25, 0.3) is 0 Å². The lowest BCUT2D eigenvalue weighted by Gasteiger charge is -2.32. The van der Waals surface area contributed by atoms with Gasteiger partial charge >= 0.3 is 0 Å². The standard InChI is InChI=1S/C22H29N3O4S/c1-16-13-20(23-29-16)15-24(2)22(26)18-9-11-25(12-10-18)30(27,28)21-8-7-17-5-3-4-6-19(17)14-21/h7-8,13-14,18H,3-6,9-12,15H2,1-2H3. The molecule has 1 amide bonds. The van der Waals surface area contributed by atoms with Gasteiger partial charge in [-0.2, -0.15) is 4.31 Å². The Labute approximate surface area is 178 Å². The second-order valence-corrected chi connectivity index (χ2v) is 10.4. The summed E-state index contributed by atoms with van der Waals surface area (Å²) < 4.78 is 32.9. The SMILES string of the molecule is Cc1cc(CN(C)C(=O)C2CCN(S(=O)(=O)c3ccc4c(c3)CCCC4)CC2)no1. The van der Waals surface area contributed by atoms with E-state index in [1.165, 1.54) is 16.3 Å². The lowest BCUT2D eigenvalue weighted by molar-refractivity contribution is -0.136. The third-order valence-corrected chi connectivity index (χ3v) is 8.11. The van der Waals surface area contributed by atoms with Gasteiger partial charge in [-0.1, -0.05) is 11.2 Å². The Balaban J connectivity index is 1.38. The number of carbonyl (C=O) groups excluding carboxylic acids is 1. The molecule has 1 saturated heterocycles. The molecule has 0 atom stereocenters. The molecule has 162 valence electrons. The van der Waals surface area contributed by atoms with E-state index in [1.807, 2.05) is 25.1 Å². The van der Waals surface area contributed by atoms with Crippen LogP contribution in [0.5, 0.6) is 0 Å². The molecule has 2 aromatic rings. The summed E-state index contributed by atoms with van der Waals surface area (Å²) in [6.45, 7) is 2.94. The number of rotatable bonds is 5. The maximum absolute atomic E-state index is 13.1. The van der Waals surface area contributed by atoms with E-state index in [0.717, 1.165) is 30.5 Å². The van der Waals surface area contributed by atoms with Gasteiger partial charge in [-0.25, -0.2) is 8.42 Å². The Bertz CT molecular complexity index is 1020. The van der Waals surface area contributed by atoms with E-state index in [-0.39, 0.29) is 11.8 Å². The van der Waals surface area contributed by atoms with E-state index in [2.05, 4.69) is 5.16 Å². The van der Waals surface area contributed by atoms with Gasteiger partial charge in [-0.15, -0.1) is 0 Å². The molecular formula is C22H29N3O4S. The first kappa shape index (κ1) is 21.1. The molecule has 0 unspecified atom stereocenters. The summed E-state index contributed by atoms with van der Waals surface area (Å²) >= 11 is 0. The molecule has 2 heterocycles. The van der Waals surface area contributed by atoms with Crippen LogP contribution in [-0.4, -0.2) is 48.8 Å². The normalized spacial score (nSPS) is 18.2. The number of fused-ring (bicyclic) bond motifs is 1. The molecule has 8 heteroatoms. The monoisotopic (exact) mass is 431 g/mol. The Morgan fingerprint density at radius 1 is 1.17 bits per heavy atom. The molecule has 1 aromatic carbocycles. The van der Waals surface area contributed by atoms with E-state index in [0.29, 0.717) is 43.1 Å². The lowest BCUT2D eigenvalue weighted by Crippen LogP contribution is -2.43. The van der Waals surface area contributed by atoms with Crippen LogP contribution in [-0.2, 0) is 34.2 Å². The maximum atomic E-state index is 13.1. The predicted molar refractivity (Wildman–Crippen MR) is 112 cm³/mol. The van der Waals surface area contributed by atoms with Crippen molar-refractivity contribution in [2.45, 2.75) is 56.9 Å². The van der Waals surface area contributed by atoms with Crippen LogP contribution in [0.15, 0.2) is 33.7 Å². The molecule has 1 aliphatic heterocycles. The summed E-state index contributed by atoms with van der Waals surface area (Å²) in [4.78, 5) is 14.8. The molecule has 0 radical (unpaired) electrons. The largest absolute Gasteiger partial charge is 0.361 e. The van der Waals surface area contributed by atoms with Crippen molar-refractivity contribution in [3.8, 4) is 0 Å². The van der Waals surface area contributed by atoms with Crippen molar-refractivity contribution in [3.05, 3.63) is 46.8 Å². The highest BCUT2D eigenvalue weighted by Gasteiger charge is 2.33. The van der Waals surface area contributed by atoms with Crippen molar-refractivity contribution in [1.82, 2.24) is 14.4 Å². The second kappa shape index (κ2) is 8.51. The summed E-state index contributed by atoms with van der Waals surface area (Å²) in [5, 5.41) is 3.94. The minimum atomic E-state index is -3.52. The zero-order valence-corrected chi connectivity index (χ0v) is 18.5. The van der Waals surface area contributed by atoms with Crippen LogP contribution in [0.3, 0.4) is 0 Å². The highest BCUT2D eigenvalue weighted by Crippen LogP contribution is 2.28. The molecule has 1 aliphatic carbocycles. The van der Waals surface area contributed by atoms with Gasteiger partial charge in [0, 0.05) is 32.1 Å². The zero-order chi connectivity index (χ0) is 21.3.